The van der Waals surface area contributed by atoms with Gasteiger partial charge in [-0.2, -0.15) is 0 Å². The van der Waals surface area contributed by atoms with E-state index in [4.69, 9.17) is 6.42 Å². The van der Waals surface area contributed by atoms with Crippen molar-refractivity contribution in [2.75, 3.05) is 6.54 Å². The largest absolute Gasteiger partial charge is 0.234 e. The van der Waals surface area contributed by atoms with Gasteiger partial charge in [0.25, 0.3) is 0 Å². The van der Waals surface area contributed by atoms with E-state index in [1.165, 1.54) is 6.08 Å². The van der Waals surface area contributed by atoms with E-state index < -0.39 is 0 Å². The molecule has 0 fully saturated rings. The first kappa shape index (κ1) is 9.25. The Labute approximate surface area is 77.3 Å². The van der Waals surface area contributed by atoms with Crippen molar-refractivity contribution >= 4 is 6.08 Å². The van der Waals surface area contributed by atoms with E-state index in [-0.39, 0.29) is 0 Å². The molecule has 0 amide bonds. The number of rotatable bonds is 3. The van der Waals surface area contributed by atoms with Crippen LogP contribution in [-0.4, -0.2) is 12.6 Å². The molecule has 0 heterocycles. The highest BCUT2D eigenvalue weighted by Crippen LogP contribution is 2.04. The Morgan fingerprint density at radius 1 is 1.46 bits per heavy atom. The van der Waals surface area contributed by atoms with Crippen molar-refractivity contribution in [1.29, 1.82) is 0 Å². The predicted octanol–water partition coefficient (Wildman–Crippen LogP) is 1.55. The van der Waals surface area contributed by atoms with Crippen LogP contribution in [0.15, 0.2) is 29.3 Å². The van der Waals surface area contributed by atoms with E-state index in [0.29, 0.717) is 6.54 Å². The molecule has 1 aromatic rings. The summed E-state index contributed by atoms with van der Waals surface area (Å²) < 4.78 is 0. The number of aliphatic imine (C=N–C) groups is 1. The quantitative estimate of drug-likeness (QED) is 0.385. The zero-order valence-electron chi connectivity index (χ0n) is 7.16. The average Bonchev–Trinajstić information content (AvgIpc) is 2.19. The van der Waals surface area contributed by atoms with Crippen LogP contribution in [-0.2, 0) is 11.2 Å². The molecule has 1 rings (SSSR count). The van der Waals surface area contributed by atoms with Crippen molar-refractivity contribution in [3.8, 4) is 12.3 Å². The second-order valence-corrected chi connectivity index (χ2v) is 2.57. The molecular formula is C11H9NO. The van der Waals surface area contributed by atoms with Crippen LogP contribution in [0, 0.1) is 12.3 Å². The van der Waals surface area contributed by atoms with Crippen molar-refractivity contribution in [2.24, 2.45) is 4.99 Å². The fraction of sp³-hybridized carbons (Fsp3) is 0.182. The zero-order chi connectivity index (χ0) is 9.52. The molecule has 0 radical (unpaired) electrons. The molecule has 0 aliphatic heterocycles. The molecule has 2 heteroatoms. The first-order valence-electron chi connectivity index (χ1n) is 3.96. The van der Waals surface area contributed by atoms with Crippen molar-refractivity contribution in [1.82, 2.24) is 0 Å². The normalized spacial score (nSPS) is 8.54. The van der Waals surface area contributed by atoms with Gasteiger partial charge in [-0.3, -0.25) is 0 Å². The van der Waals surface area contributed by atoms with Crippen LogP contribution in [0.2, 0.25) is 0 Å². The lowest BCUT2D eigenvalue weighted by Gasteiger charge is -1.97. The standard InChI is InChI=1S/C11H9NO/c1-2-10-4-3-5-11(8-10)6-7-12-9-13/h1,3-5,8H,6-7H2. The molecule has 0 bridgehead atoms. The first-order valence-corrected chi connectivity index (χ1v) is 3.96. The minimum absolute atomic E-state index is 0.470. The van der Waals surface area contributed by atoms with E-state index in [0.717, 1.165) is 17.5 Å². The molecule has 0 aromatic heterocycles. The number of hydrogen-bond donors (Lipinski definition) is 0. The van der Waals surface area contributed by atoms with Crippen molar-refractivity contribution < 1.29 is 4.79 Å². The molecule has 0 aliphatic carbocycles. The number of nitrogens with zero attached hydrogens (tertiary/aromatic N) is 1. The smallest absolute Gasteiger partial charge is 0.211 e. The molecule has 0 saturated carbocycles. The van der Waals surface area contributed by atoms with E-state index >= 15 is 0 Å². The van der Waals surface area contributed by atoms with Gasteiger partial charge in [0.2, 0.25) is 6.08 Å². The summed E-state index contributed by atoms with van der Waals surface area (Å²) in [6.07, 6.45) is 7.47. The van der Waals surface area contributed by atoms with Crippen LogP contribution in [0.3, 0.4) is 0 Å². The molecular weight excluding hydrogens is 162 g/mol. The minimum atomic E-state index is 0.470. The van der Waals surface area contributed by atoms with Crippen LogP contribution in [0.25, 0.3) is 0 Å². The third-order valence-electron chi connectivity index (χ3n) is 1.67. The van der Waals surface area contributed by atoms with Gasteiger partial charge in [0.1, 0.15) is 0 Å². The summed E-state index contributed by atoms with van der Waals surface area (Å²) in [4.78, 5) is 13.3. The maximum atomic E-state index is 9.79. The van der Waals surface area contributed by atoms with Crippen LogP contribution in [0.5, 0.6) is 0 Å². The molecule has 0 N–H and O–H groups in total. The fourth-order valence-electron chi connectivity index (χ4n) is 1.05. The molecule has 2 nitrogen and oxygen atoms in total. The molecule has 1 aromatic carbocycles. The summed E-state index contributed by atoms with van der Waals surface area (Å²) in [6.45, 7) is 0.470. The van der Waals surface area contributed by atoms with E-state index in [9.17, 15) is 4.79 Å². The van der Waals surface area contributed by atoms with Crippen molar-refractivity contribution in [3.05, 3.63) is 35.4 Å². The van der Waals surface area contributed by atoms with Gasteiger partial charge in [-0.1, -0.05) is 18.1 Å². The number of hydrogen-bond acceptors (Lipinski definition) is 2. The number of terminal acetylenes is 1. The van der Waals surface area contributed by atoms with Gasteiger partial charge in [0.15, 0.2) is 0 Å². The lowest BCUT2D eigenvalue weighted by molar-refractivity contribution is 0.563. The third kappa shape index (κ3) is 2.94. The number of benzene rings is 1. The van der Waals surface area contributed by atoms with Gasteiger partial charge in [-0.15, -0.1) is 6.42 Å². The molecule has 0 saturated heterocycles. The Hall–Kier alpha value is -1.84. The highest BCUT2D eigenvalue weighted by Gasteiger charge is 1.92. The lowest BCUT2D eigenvalue weighted by Crippen LogP contribution is -1.89. The van der Waals surface area contributed by atoms with Crippen LogP contribution in [0.1, 0.15) is 11.1 Å². The van der Waals surface area contributed by atoms with E-state index in [2.05, 4.69) is 10.9 Å². The third-order valence-corrected chi connectivity index (χ3v) is 1.67. The second-order valence-electron chi connectivity index (χ2n) is 2.57. The van der Waals surface area contributed by atoms with Crippen LogP contribution in [0.4, 0.5) is 0 Å². The number of isocyanates is 1. The van der Waals surface area contributed by atoms with E-state index in [1.54, 1.807) is 0 Å². The summed E-state index contributed by atoms with van der Waals surface area (Å²) in [5, 5.41) is 0. The predicted molar refractivity (Wildman–Crippen MR) is 51.1 cm³/mol. The van der Waals surface area contributed by atoms with Crippen LogP contribution < -0.4 is 0 Å². The van der Waals surface area contributed by atoms with E-state index in [1.807, 2.05) is 24.3 Å². The highest BCUT2D eigenvalue weighted by molar-refractivity contribution is 5.36. The Bertz CT molecular complexity index is 370. The van der Waals surface area contributed by atoms with Gasteiger partial charge in [0, 0.05) is 5.56 Å². The Morgan fingerprint density at radius 3 is 3.00 bits per heavy atom. The minimum Gasteiger partial charge on any atom is -0.211 e. The summed E-state index contributed by atoms with van der Waals surface area (Å²) >= 11 is 0. The Balaban J connectivity index is 2.67. The summed E-state index contributed by atoms with van der Waals surface area (Å²) in [5.74, 6) is 2.55. The SMILES string of the molecule is C#Cc1cccc(CCN=C=O)c1. The summed E-state index contributed by atoms with van der Waals surface area (Å²) in [5.41, 5.74) is 1.95. The van der Waals surface area contributed by atoms with Crippen LogP contribution >= 0.6 is 0 Å². The van der Waals surface area contributed by atoms with Gasteiger partial charge in [-0.25, -0.2) is 9.79 Å². The van der Waals surface area contributed by atoms with Crippen molar-refractivity contribution in [3.63, 3.8) is 0 Å². The second kappa shape index (κ2) is 4.92. The highest BCUT2D eigenvalue weighted by atomic mass is 16.1. The average molecular weight is 171 g/mol. The van der Waals surface area contributed by atoms with Crippen molar-refractivity contribution in [2.45, 2.75) is 6.42 Å². The Kier molecular flexibility index (Phi) is 3.50. The molecule has 13 heavy (non-hydrogen) atoms. The monoisotopic (exact) mass is 171 g/mol. The van der Waals surface area contributed by atoms with Gasteiger partial charge in [-0.05, 0) is 24.1 Å². The maximum absolute atomic E-state index is 9.79. The summed E-state index contributed by atoms with van der Waals surface area (Å²) in [7, 11) is 0. The first-order chi connectivity index (χ1) is 6.36. The number of carbonyl (C=O) groups excluding carboxylic acids is 1. The molecule has 0 atom stereocenters. The maximum Gasteiger partial charge on any atom is 0.234 e. The lowest BCUT2D eigenvalue weighted by atomic mass is 10.1. The van der Waals surface area contributed by atoms with Gasteiger partial charge < -0.3 is 0 Å². The van der Waals surface area contributed by atoms with Gasteiger partial charge >= 0.3 is 0 Å². The van der Waals surface area contributed by atoms with Gasteiger partial charge in [0.05, 0.1) is 6.54 Å². The Morgan fingerprint density at radius 2 is 2.31 bits per heavy atom. The molecule has 0 unspecified atom stereocenters. The molecule has 0 aliphatic rings. The topological polar surface area (TPSA) is 29.4 Å². The molecule has 0 spiro atoms. The fourth-order valence-corrected chi connectivity index (χ4v) is 1.05. The summed E-state index contributed by atoms with van der Waals surface area (Å²) in [6, 6.07) is 7.64. The zero-order valence-corrected chi connectivity index (χ0v) is 7.16. The molecule has 64 valence electrons.